The number of aliphatic carboxylic acids is 1. The lowest BCUT2D eigenvalue weighted by Gasteiger charge is -2.35. The largest absolute Gasteiger partial charge is 0.508 e. The highest BCUT2D eigenvalue weighted by Crippen LogP contribution is 2.39. The Bertz CT molecular complexity index is 833. The van der Waals surface area contributed by atoms with Crippen molar-refractivity contribution in [2.75, 3.05) is 7.11 Å². The van der Waals surface area contributed by atoms with Crippen LogP contribution in [-0.2, 0) is 26.3 Å². The van der Waals surface area contributed by atoms with Crippen molar-refractivity contribution in [1.82, 2.24) is 0 Å². The second-order valence-electron chi connectivity index (χ2n) is 7.77. The van der Waals surface area contributed by atoms with Crippen LogP contribution in [-0.4, -0.2) is 40.4 Å². The van der Waals surface area contributed by atoms with Crippen LogP contribution in [0, 0.1) is 5.92 Å². The number of phenols is 1. The molecule has 3 rings (SSSR count). The maximum absolute atomic E-state index is 11.5. The van der Waals surface area contributed by atoms with Crippen molar-refractivity contribution in [3.63, 3.8) is 0 Å². The molecule has 1 aliphatic rings. The number of ether oxygens (including phenoxy) is 1. The van der Waals surface area contributed by atoms with E-state index < -0.39 is 23.6 Å². The molecule has 0 unspecified atom stereocenters. The Morgan fingerprint density at radius 2 is 1.65 bits per heavy atom. The number of methoxy groups -OCH3 is 1. The van der Waals surface area contributed by atoms with Crippen molar-refractivity contribution in [1.29, 1.82) is 0 Å². The quantitative estimate of drug-likeness (QED) is 0.519. The molecular weight excluding hydrogens is 398 g/mol. The van der Waals surface area contributed by atoms with Gasteiger partial charge in [-0.25, -0.2) is 4.79 Å². The minimum absolute atomic E-state index is 0.170. The zero-order chi connectivity index (χ0) is 22.9. The molecule has 2 atom stereocenters. The topological polar surface area (TPSA) is 130 Å². The first-order valence-corrected chi connectivity index (χ1v) is 10.4. The fraction of sp³-hybridized carbons (Fsp3) is 0.417. The highest BCUT2D eigenvalue weighted by molar-refractivity contribution is 5.79. The van der Waals surface area contributed by atoms with Crippen molar-refractivity contribution in [3.05, 3.63) is 65.7 Å². The SMILES string of the molecule is COC(=O)[C@H](N)Cc1ccc(O)cc1.O=C(O)[C@@](O)(c1ccccc1)C1CCCCC1. The molecule has 0 bridgehead atoms. The number of carboxylic acid groups (broad SMARTS) is 1. The van der Waals surface area contributed by atoms with Crippen LogP contribution in [0.15, 0.2) is 54.6 Å². The number of benzene rings is 2. The van der Waals surface area contributed by atoms with E-state index in [1.54, 1.807) is 48.5 Å². The second kappa shape index (κ2) is 11.5. The van der Waals surface area contributed by atoms with Gasteiger partial charge in [-0.1, -0.05) is 61.7 Å². The Balaban J connectivity index is 0.000000225. The van der Waals surface area contributed by atoms with Crippen LogP contribution in [0.2, 0.25) is 0 Å². The summed E-state index contributed by atoms with van der Waals surface area (Å²) in [7, 11) is 1.30. The third-order valence-electron chi connectivity index (χ3n) is 5.63. The number of carbonyl (C=O) groups is 2. The molecule has 1 fully saturated rings. The van der Waals surface area contributed by atoms with Gasteiger partial charge in [-0.15, -0.1) is 0 Å². The molecule has 1 saturated carbocycles. The van der Waals surface area contributed by atoms with Crippen molar-refractivity contribution in [3.8, 4) is 5.75 Å². The smallest absolute Gasteiger partial charge is 0.340 e. The first-order valence-electron chi connectivity index (χ1n) is 10.4. The summed E-state index contributed by atoms with van der Waals surface area (Å²) in [6, 6.07) is 14.7. The maximum atomic E-state index is 11.5. The minimum Gasteiger partial charge on any atom is -0.508 e. The fourth-order valence-electron chi connectivity index (χ4n) is 3.87. The third-order valence-corrected chi connectivity index (χ3v) is 5.63. The van der Waals surface area contributed by atoms with E-state index in [1.165, 1.54) is 7.11 Å². The van der Waals surface area contributed by atoms with Crippen LogP contribution < -0.4 is 5.73 Å². The lowest BCUT2D eigenvalue weighted by Crippen LogP contribution is -2.43. The van der Waals surface area contributed by atoms with Crippen LogP contribution in [0.4, 0.5) is 0 Å². The van der Waals surface area contributed by atoms with E-state index in [1.807, 2.05) is 6.07 Å². The highest BCUT2D eigenvalue weighted by Gasteiger charge is 2.45. The van der Waals surface area contributed by atoms with E-state index in [2.05, 4.69) is 4.74 Å². The number of hydrogen-bond acceptors (Lipinski definition) is 6. The van der Waals surface area contributed by atoms with Gasteiger partial charge in [0.05, 0.1) is 7.11 Å². The van der Waals surface area contributed by atoms with Crippen molar-refractivity contribution in [2.24, 2.45) is 11.7 Å². The van der Waals surface area contributed by atoms with Gasteiger partial charge in [-0.3, -0.25) is 4.79 Å². The molecule has 2 aromatic carbocycles. The minimum atomic E-state index is -1.72. The Kier molecular flexibility index (Phi) is 9.03. The van der Waals surface area contributed by atoms with E-state index >= 15 is 0 Å². The highest BCUT2D eigenvalue weighted by atomic mass is 16.5. The van der Waals surface area contributed by atoms with Crippen molar-refractivity contribution >= 4 is 11.9 Å². The Hall–Kier alpha value is -2.90. The van der Waals surface area contributed by atoms with E-state index in [9.17, 15) is 19.8 Å². The van der Waals surface area contributed by atoms with Crippen molar-refractivity contribution < 1.29 is 29.6 Å². The number of nitrogens with two attached hydrogens (primary N) is 1. The van der Waals surface area contributed by atoms with Gasteiger partial charge in [0.25, 0.3) is 0 Å². The lowest BCUT2D eigenvalue weighted by atomic mass is 9.73. The van der Waals surface area contributed by atoms with Gasteiger partial charge < -0.3 is 25.8 Å². The first kappa shape index (κ1) is 24.4. The molecule has 0 aromatic heterocycles. The van der Waals surface area contributed by atoms with Gasteiger partial charge in [-0.2, -0.15) is 0 Å². The van der Waals surface area contributed by atoms with E-state index in [0.29, 0.717) is 12.0 Å². The summed E-state index contributed by atoms with van der Waals surface area (Å²) >= 11 is 0. The fourth-order valence-corrected chi connectivity index (χ4v) is 3.87. The summed E-state index contributed by atoms with van der Waals surface area (Å²) in [5.74, 6) is -1.54. The number of aliphatic hydroxyl groups is 1. The molecule has 0 spiro atoms. The number of carboxylic acids is 1. The molecule has 2 aromatic rings. The third kappa shape index (κ3) is 6.54. The predicted molar refractivity (Wildman–Crippen MR) is 116 cm³/mol. The van der Waals surface area contributed by atoms with Crippen molar-refractivity contribution in [2.45, 2.75) is 50.2 Å². The Morgan fingerprint density at radius 3 is 2.16 bits per heavy atom. The summed E-state index contributed by atoms with van der Waals surface area (Å²) in [5, 5.41) is 29.0. The number of rotatable bonds is 6. The van der Waals surface area contributed by atoms with E-state index in [0.717, 1.165) is 37.7 Å². The van der Waals surface area contributed by atoms with Crippen LogP contribution in [0.25, 0.3) is 0 Å². The average molecular weight is 430 g/mol. The van der Waals surface area contributed by atoms with Gasteiger partial charge in [0, 0.05) is 5.92 Å². The van der Waals surface area contributed by atoms with Crippen LogP contribution in [0.1, 0.15) is 43.2 Å². The lowest BCUT2D eigenvalue weighted by molar-refractivity contribution is -0.168. The molecule has 0 saturated heterocycles. The van der Waals surface area contributed by atoms with E-state index in [-0.39, 0.29) is 11.7 Å². The number of hydrogen-bond donors (Lipinski definition) is 4. The van der Waals surface area contributed by atoms with Gasteiger partial charge in [0.2, 0.25) is 0 Å². The second-order valence-corrected chi connectivity index (χ2v) is 7.77. The standard InChI is InChI=1S/C14H18O3.C10H13NO3/c15-13(16)14(17,11-7-3-1-4-8-11)12-9-5-2-6-10-12;1-14-10(13)9(11)6-7-2-4-8(12)5-3-7/h1,3-4,7-8,12,17H,2,5-6,9-10H2,(H,15,16);2-5,9,12H,6,11H2,1H3/t14-;9-/m11/s1. The average Bonchev–Trinajstić information content (AvgIpc) is 2.80. The molecule has 0 radical (unpaired) electrons. The number of esters is 1. The Labute approximate surface area is 182 Å². The maximum Gasteiger partial charge on any atom is 0.340 e. The molecule has 7 heteroatoms. The summed E-state index contributed by atoms with van der Waals surface area (Å²) in [4.78, 5) is 22.5. The number of carbonyl (C=O) groups excluding carboxylic acids is 1. The Morgan fingerprint density at radius 1 is 1.06 bits per heavy atom. The van der Waals surface area contributed by atoms with Crippen LogP contribution in [0.5, 0.6) is 5.75 Å². The number of phenolic OH excluding ortho intramolecular Hbond substituents is 1. The van der Waals surface area contributed by atoms with Crippen LogP contribution in [0.3, 0.4) is 0 Å². The van der Waals surface area contributed by atoms with E-state index in [4.69, 9.17) is 10.8 Å². The molecule has 0 aliphatic heterocycles. The summed E-state index contributed by atoms with van der Waals surface area (Å²) in [6.45, 7) is 0. The van der Waals surface area contributed by atoms with Gasteiger partial charge >= 0.3 is 11.9 Å². The zero-order valence-corrected chi connectivity index (χ0v) is 17.7. The normalized spacial score (nSPS) is 16.9. The molecular formula is C24H31NO6. The zero-order valence-electron chi connectivity index (χ0n) is 17.7. The summed E-state index contributed by atoms with van der Waals surface area (Å²) in [5.41, 5.74) is 5.23. The molecule has 0 amide bonds. The summed E-state index contributed by atoms with van der Waals surface area (Å²) in [6.07, 6.45) is 5.14. The number of aromatic hydroxyl groups is 1. The molecule has 0 heterocycles. The first-order chi connectivity index (χ1) is 14.8. The van der Waals surface area contributed by atoms with Crippen LogP contribution >= 0.6 is 0 Å². The van der Waals surface area contributed by atoms with Gasteiger partial charge in [-0.05, 0) is 42.5 Å². The molecule has 7 nitrogen and oxygen atoms in total. The predicted octanol–water partition coefficient (Wildman–Crippen LogP) is 2.97. The molecule has 1 aliphatic carbocycles. The molecule has 168 valence electrons. The molecule has 5 N–H and O–H groups in total. The van der Waals surface area contributed by atoms with Gasteiger partial charge in [0.1, 0.15) is 11.8 Å². The molecule has 31 heavy (non-hydrogen) atoms. The monoisotopic (exact) mass is 429 g/mol. The summed E-state index contributed by atoms with van der Waals surface area (Å²) < 4.78 is 4.49. The van der Waals surface area contributed by atoms with Gasteiger partial charge in [0.15, 0.2) is 5.60 Å².